The summed E-state index contributed by atoms with van der Waals surface area (Å²) in [7, 11) is -4.89. The van der Waals surface area contributed by atoms with Crippen LogP contribution in [0, 0.1) is 0 Å². The zero-order chi connectivity index (χ0) is 7.49. The molecule has 0 radical (unpaired) electrons. The van der Waals surface area contributed by atoms with Gasteiger partial charge in [0, 0.05) is 0 Å². The van der Waals surface area contributed by atoms with Crippen molar-refractivity contribution in [1.82, 2.24) is 0 Å². The van der Waals surface area contributed by atoms with Crippen LogP contribution in [0.1, 0.15) is 0 Å². The molecule has 0 heterocycles. The van der Waals surface area contributed by atoms with E-state index in [9.17, 15) is 22.9 Å². The molecule has 0 aromatic heterocycles. The smallest absolute Gasteiger partial charge is 0.726 e. The molecule has 0 saturated heterocycles. The first-order valence-corrected chi connectivity index (χ1v) is 3.05. The molecule has 0 N–H and O–H groups in total. The Hall–Kier alpha value is 0.106. The van der Waals surface area contributed by atoms with Crippen molar-refractivity contribution in [2.75, 3.05) is 6.61 Å². The van der Waals surface area contributed by atoms with Crippen LogP contribution in [0.4, 0.5) is 0 Å². The standard InChI is InChI=1S/C2H4O6S.Mg/c3-2(4)1-8-9(5,6)7;/h1H2,(H,3,4)(H,5,6,7);/q;+2/p-2. The molecule has 0 bridgehead atoms. The zero-order valence-corrected chi connectivity index (χ0v) is 7.00. The number of hydrogen-bond donors (Lipinski definition) is 0. The second kappa shape index (κ2) is 4.85. The van der Waals surface area contributed by atoms with Crippen molar-refractivity contribution in [3.8, 4) is 0 Å². The van der Waals surface area contributed by atoms with Crippen molar-refractivity contribution in [1.29, 1.82) is 0 Å². The molecular formula is C2H2MgO6S. The van der Waals surface area contributed by atoms with Gasteiger partial charge < -0.3 is 14.5 Å². The molecule has 0 amide bonds. The molecule has 6 nitrogen and oxygen atoms in total. The first-order valence-electron chi connectivity index (χ1n) is 1.72. The van der Waals surface area contributed by atoms with Crippen molar-refractivity contribution in [3.63, 3.8) is 0 Å². The van der Waals surface area contributed by atoms with Crippen LogP contribution in [0.25, 0.3) is 0 Å². The Bertz CT molecular complexity index is 194. The van der Waals surface area contributed by atoms with Gasteiger partial charge in [0.2, 0.25) is 10.4 Å². The van der Waals surface area contributed by atoms with E-state index in [1.54, 1.807) is 0 Å². The fraction of sp³-hybridized carbons (Fsp3) is 0.500. The minimum atomic E-state index is -4.89. The van der Waals surface area contributed by atoms with Crippen molar-refractivity contribution in [2.24, 2.45) is 0 Å². The minimum absolute atomic E-state index is 0. The number of carbonyl (C=O) groups excluding carboxylic acids is 1. The first kappa shape index (κ1) is 12.8. The summed E-state index contributed by atoms with van der Waals surface area (Å²) in [5.41, 5.74) is 0. The van der Waals surface area contributed by atoms with E-state index in [1.165, 1.54) is 0 Å². The van der Waals surface area contributed by atoms with Gasteiger partial charge in [0.15, 0.2) is 0 Å². The second-order valence-electron chi connectivity index (χ2n) is 1.04. The molecule has 0 aromatic rings. The van der Waals surface area contributed by atoms with E-state index >= 15 is 0 Å². The van der Waals surface area contributed by atoms with Crippen LogP contribution in [0.5, 0.6) is 0 Å². The topological polar surface area (TPSA) is 107 Å². The summed E-state index contributed by atoms with van der Waals surface area (Å²) >= 11 is 0. The van der Waals surface area contributed by atoms with E-state index in [0.717, 1.165) is 0 Å². The normalized spacial score (nSPS) is 10.1. The molecule has 0 spiro atoms. The van der Waals surface area contributed by atoms with Crippen LogP contribution in [-0.2, 0) is 19.4 Å². The molecule has 0 aliphatic carbocycles. The Balaban J connectivity index is 0. The maximum Gasteiger partial charge on any atom is 2.00 e. The van der Waals surface area contributed by atoms with Gasteiger partial charge in [-0.05, 0) is 0 Å². The second-order valence-corrected chi connectivity index (χ2v) is 2.09. The summed E-state index contributed by atoms with van der Waals surface area (Å²) in [6, 6.07) is 0. The summed E-state index contributed by atoms with van der Waals surface area (Å²) in [4.78, 5) is 9.41. The predicted molar refractivity (Wildman–Crippen MR) is 26.4 cm³/mol. The van der Waals surface area contributed by atoms with E-state index in [-0.39, 0.29) is 23.1 Å². The van der Waals surface area contributed by atoms with Crippen molar-refractivity contribution < 1.29 is 27.1 Å². The molecule has 0 saturated carbocycles. The molecule has 0 atom stereocenters. The third kappa shape index (κ3) is 11.0. The Labute approximate surface area is 73.3 Å². The van der Waals surface area contributed by atoms with E-state index in [0.29, 0.717) is 0 Å². The largest absolute Gasteiger partial charge is 2.00 e. The number of hydrogen-bond acceptors (Lipinski definition) is 6. The summed E-state index contributed by atoms with van der Waals surface area (Å²) in [5.74, 6) is -1.76. The van der Waals surface area contributed by atoms with Gasteiger partial charge in [-0.3, -0.25) is 4.18 Å². The minimum Gasteiger partial charge on any atom is -0.726 e. The van der Waals surface area contributed by atoms with Gasteiger partial charge in [0.05, 0.1) is 5.97 Å². The van der Waals surface area contributed by atoms with Gasteiger partial charge in [-0.15, -0.1) is 0 Å². The van der Waals surface area contributed by atoms with Gasteiger partial charge in [0.1, 0.15) is 6.61 Å². The van der Waals surface area contributed by atoms with Crippen molar-refractivity contribution in [2.45, 2.75) is 0 Å². The fourth-order valence-electron chi connectivity index (χ4n) is 0.120. The van der Waals surface area contributed by atoms with Crippen molar-refractivity contribution >= 4 is 39.4 Å². The quantitative estimate of drug-likeness (QED) is 0.256. The van der Waals surface area contributed by atoms with Crippen molar-refractivity contribution in [3.05, 3.63) is 0 Å². The Kier molecular flexibility index (Phi) is 6.19. The average molecular weight is 178 g/mol. The Morgan fingerprint density at radius 1 is 1.50 bits per heavy atom. The van der Waals surface area contributed by atoms with Gasteiger partial charge in [0.25, 0.3) is 0 Å². The van der Waals surface area contributed by atoms with Gasteiger partial charge in [-0.25, -0.2) is 8.42 Å². The first-order chi connectivity index (χ1) is 3.92. The molecule has 10 heavy (non-hydrogen) atoms. The molecule has 0 aliphatic heterocycles. The molecule has 0 unspecified atom stereocenters. The summed E-state index contributed by atoms with van der Waals surface area (Å²) in [5, 5.41) is 9.41. The summed E-state index contributed by atoms with van der Waals surface area (Å²) < 4.78 is 31.6. The van der Waals surface area contributed by atoms with Crippen LogP contribution >= 0.6 is 0 Å². The Morgan fingerprint density at radius 2 is 1.90 bits per heavy atom. The van der Waals surface area contributed by atoms with E-state index < -0.39 is 23.0 Å². The average Bonchev–Trinajstić information content (AvgIpc) is 1.59. The third-order valence-corrected chi connectivity index (χ3v) is 0.728. The molecule has 8 heteroatoms. The van der Waals surface area contributed by atoms with Crippen LogP contribution < -0.4 is 5.11 Å². The van der Waals surface area contributed by atoms with E-state index in [1.807, 2.05) is 0 Å². The predicted octanol–water partition coefficient (Wildman–Crippen LogP) is -3.17. The maximum atomic E-state index is 9.47. The fourth-order valence-corrected chi connectivity index (χ4v) is 0.361. The number of rotatable bonds is 3. The summed E-state index contributed by atoms with van der Waals surface area (Å²) in [6.45, 7) is -1.23. The third-order valence-electron chi connectivity index (χ3n) is 0.321. The van der Waals surface area contributed by atoms with Crippen LogP contribution in [0.2, 0.25) is 0 Å². The van der Waals surface area contributed by atoms with Crippen LogP contribution in [0.15, 0.2) is 0 Å². The Morgan fingerprint density at radius 3 is 2.00 bits per heavy atom. The number of carboxylic acids is 1. The number of carbonyl (C=O) groups is 1. The van der Waals surface area contributed by atoms with Crippen LogP contribution in [-0.4, -0.2) is 48.6 Å². The van der Waals surface area contributed by atoms with Gasteiger partial charge in [-0.2, -0.15) is 0 Å². The molecule has 0 aliphatic rings. The monoisotopic (exact) mass is 178 g/mol. The molecule has 0 aromatic carbocycles. The van der Waals surface area contributed by atoms with E-state index in [2.05, 4.69) is 4.18 Å². The van der Waals surface area contributed by atoms with Crippen LogP contribution in [0.3, 0.4) is 0 Å². The SMILES string of the molecule is O=C([O-])COS(=O)(=O)[O-].[Mg+2]. The molecular weight excluding hydrogens is 176 g/mol. The van der Waals surface area contributed by atoms with Gasteiger partial charge >= 0.3 is 23.1 Å². The zero-order valence-electron chi connectivity index (χ0n) is 4.77. The summed E-state index contributed by atoms with van der Waals surface area (Å²) in [6.07, 6.45) is 0. The number of aliphatic carboxylic acids is 1. The molecule has 0 fully saturated rings. The maximum absolute atomic E-state index is 9.47. The molecule has 0 rings (SSSR count). The molecule has 54 valence electrons. The van der Waals surface area contributed by atoms with E-state index in [4.69, 9.17) is 0 Å². The van der Waals surface area contributed by atoms with Gasteiger partial charge in [-0.1, -0.05) is 0 Å². The number of carboxylic acid groups (broad SMARTS) is 1.